The van der Waals surface area contributed by atoms with Gasteiger partial charge in [0, 0.05) is 54.6 Å². The Labute approximate surface area is 192 Å². The van der Waals surface area contributed by atoms with E-state index >= 15 is 0 Å². The molecule has 164 valence electrons. The van der Waals surface area contributed by atoms with Crippen molar-refractivity contribution < 1.29 is 9.47 Å². The van der Waals surface area contributed by atoms with Gasteiger partial charge >= 0.3 is 0 Å². The van der Waals surface area contributed by atoms with E-state index in [-0.39, 0.29) is 0 Å². The molecule has 0 bridgehead atoms. The first-order valence-corrected chi connectivity index (χ1v) is 11.7. The van der Waals surface area contributed by atoms with E-state index in [0.29, 0.717) is 0 Å². The second-order valence-electron chi connectivity index (χ2n) is 7.84. The van der Waals surface area contributed by atoms with Gasteiger partial charge in [0.05, 0.1) is 19.7 Å². The lowest BCUT2D eigenvalue weighted by Crippen LogP contribution is -2.46. The molecule has 1 fully saturated rings. The number of methoxy groups -OCH3 is 2. The summed E-state index contributed by atoms with van der Waals surface area (Å²) in [6.07, 6.45) is 0. The van der Waals surface area contributed by atoms with E-state index < -0.39 is 0 Å². The lowest BCUT2D eigenvalue weighted by Gasteiger charge is -2.36. The minimum Gasteiger partial charge on any atom is -0.497 e. The molecule has 0 N–H and O–H groups in total. The SMILES string of the molecule is COc1ccc(OC)c(CN2CCN(c3nc(-c4ccsc4)nc4ccccc34)CC2)c1. The fourth-order valence-electron chi connectivity index (χ4n) is 4.19. The van der Waals surface area contributed by atoms with Gasteiger partial charge in [0.15, 0.2) is 5.82 Å². The Kier molecular flexibility index (Phi) is 5.92. The Morgan fingerprint density at radius 3 is 2.53 bits per heavy atom. The first kappa shape index (κ1) is 20.7. The van der Waals surface area contributed by atoms with Gasteiger partial charge in [0.1, 0.15) is 17.3 Å². The summed E-state index contributed by atoms with van der Waals surface area (Å²) >= 11 is 1.67. The van der Waals surface area contributed by atoms with E-state index in [1.165, 1.54) is 0 Å². The molecule has 1 aliphatic rings. The van der Waals surface area contributed by atoms with Crippen LogP contribution in [0, 0.1) is 0 Å². The molecule has 3 heterocycles. The Balaban J connectivity index is 1.37. The highest BCUT2D eigenvalue weighted by Crippen LogP contribution is 2.30. The summed E-state index contributed by atoms with van der Waals surface area (Å²) in [4.78, 5) is 14.6. The fraction of sp³-hybridized carbons (Fsp3) is 0.280. The fourth-order valence-corrected chi connectivity index (χ4v) is 4.82. The summed E-state index contributed by atoms with van der Waals surface area (Å²) in [6, 6.07) is 16.3. The van der Waals surface area contributed by atoms with E-state index in [9.17, 15) is 0 Å². The van der Waals surface area contributed by atoms with E-state index in [4.69, 9.17) is 19.4 Å². The van der Waals surface area contributed by atoms with Crippen LogP contribution in [0.3, 0.4) is 0 Å². The number of ether oxygens (including phenoxy) is 2. The van der Waals surface area contributed by atoms with Crippen LogP contribution in [0.2, 0.25) is 0 Å². The first-order valence-electron chi connectivity index (χ1n) is 10.7. The molecule has 2 aromatic carbocycles. The molecule has 0 amide bonds. The van der Waals surface area contributed by atoms with Gasteiger partial charge in [0.2, 0.25) is 0 Å². The summed E-state index contributed by atoms with van der Waals surface area (Å²) < 4.78 is 11.0. The van der Waals surface area contributed by atoms with Gasteiger partial charge in [-0.15, -0.1) is 0 Å². The molecular formula is C25H26N4O2S. The molecule has 0 radical (unpaired) electrons. The number of thiophene rings is 1. The van der Waals surface area contributed by atoms with Crippen LogP contribution in [-0.2, 0) is 6.54 Å². The average Bonchev–Trinajstić information content (AvgIpc) is 3.39. The Morgan fingerprint density at radius 1 is 0.938 bits per heavy atom. The van der Waals surface area contributed by atoms with E-state index in [1.54, 1.807) is 25.6 Å². The molecule has 2 aromatic heterocycles. The molecule has 0 saturated carbocycles. The van der Waals surface area contributed by atoms with Crippen LogP contribution in [0.15, 0.2) is 59.3 Å². The van der Waals surface area contributed by atoms with Crippen LogP contribution >= 0.6 is 11.3 Å². The number of piperazine rings is 1. The van der Waals surface area contributed by atoms with Crippen molar-refractivity contribution in [2.45, 2.75) is 6.54 Å². The minimum atomic E-state index is 0.795. The number of fused-ring (bicyclic) bond motifs is 1. The van der Waals surface area contributed by atoms with Gasteiger partial charge in [-0.1, -0.05) is 12.1 Å². The first-order chi connectivity index (χ1) is 15.7. The molecule has 0 atom stereocenters. The third kappa shape index (κ3) is 4.13. The molecule has 0 unspecified atom stereocenters. The molecule has 0 spiro atoms. The van der Waals surface area contributed by atoms with Crippen LogP contribution in [0.25, 0.3) is 22.3 Å². The normalized spacial score (nSPS) is 14.6. The molecular weight excluding hydrogens is 420 g/mol. The zero-order valence-corrected chi connectivity index (χ0v) is 19.1. The maximum Gasteiger partial charge on any atom is 0.162 e. The quantitative estimate of drug-likeness (QED) is 0.428. The van der Waals surface area contributed by atoms with Gasteiger partial charge < -0.3 is 14.4 Å². The molecule has 7 heteroatoms. The van der Waals surface area contributed by atoms with Crippen molar-refractivity contribution >= 4 is 28.1 Å². The number of benzene rings is 2. The van der Waals surface area contributed by atoms with Crippen molar-refractivity contribution in [2.24, 2.45) is 0 Å². The van der Waals surface area contributed by atoms with Crippen molar-refractivity contribution in [3.63, 3.8) is 0 Å². The van der Waals surface area contributed by atoms with Gasteiger partial charge in [-0.25, -0.2) is 9.97 Å². The summed E-state index contributed by atoms with van der Waals surface area (Å²) in [5.74, 6) is 3.57. The maximum atomic E-state index is 5.56. The number of anilines is 1. The van der Waals surface area contributed by atoms with Crippen molar-refractivity contribution in [1.29, 1.82) is 0 Å². The predicted molar refractivity (Wildman–Crippen MR) is 130 cm³/mol. The largest absolute Gasteiger partial charge is 0.497 e. The number of hydrogen-bond donors (Lipinski definition) is 0. The van der Waals surface area contributed by atoms with Gasteiger partial charge in [0.25, 0.3) is 0 Å². The highest BCUT2D eigenvalue weighted by atomic mass is 32.1. The second kappa shape index (κ2) is 9.14. The summed E-state index contributed by atoms with van der Waals surface area (Å²) in [7, 11) is 3.41. The molecule has 1 aliphatic heterocycles. The van der Waals surface area contributed by atoms with Crippen molar-refractivity contribution in [3.8, 4) is 22.9 Å². The predicted octanol–water partition coefficient (Wildman–Crippen LogP) is 4.70. The maximum absolute atomic E-state index is 5.56. The number of para-hydroxylation sites is 1. The monoisotopic (exact) mass is 446 g/mol. The zero-order chi connectivity index (χ0) is 21.9. The van der Waals surface area contributed by atoms with Crippen LogP contribution < -0.4 is 14.4 Å². The molecule has 0 aliphatic carbocycles. The Hall–Kier alpha value is -3.16. The van der Waals surface area contributed by atoms with Gasteiger partial charge in [-0.3, -0.25) is 4.90 Å². The van der Waals surface area contributed by atoms with Crippen molar-refractivity contribution in [2.75, 3.05) is 45.3 Å². The third-order valence-electron chi connectivity index (χ3n) is 5.92. The molecule has 1 saturated heterocycles. The van der Waals surface area contributed by atoms with E-state index in [0.717, 1.165) is 77.9 Å². The lowest BCUT2D eigenvalue weighted by atomic mass is 10.1. The van der Waals surface area contributed by atoms with Crippen LogP contribution in [0.1, 0.15) is 5.56 Å². The van der Waals surface area contributed by atoms with Gasteiger partial charge in [-0.05, 0) is 41.8 Å². The Morgan fingerprint density at radius 2 is 1.78 bits per heavy atom. The zero-order valence-electron chi connectivity index (χ0n) is 18.3. The molecule has 32 heavy (non-hydrogen) atoms. The van der Waals surface area contributed by atoms with E-state index in [1.807, 2.05) is 18.2 Å². The van der Waals surface area contributed by atoms with Crippen LogP contribution in [0.5, 0.6) is 11.5 Å². The standard InChI is InChI=1S/C25H26N4O2S/c1-30-20-7-8-23(31-2)19(15-20)16-28-10-12-29(13-11-28)25-21-5-3-4-6-22(21)26-24(27-25)18-9-14-32-17-18/h3-9,14-15,17H,10-13,16H2,1-2H3. The van der Waals surface area contributed by atoms with Crippen LogP contribution in [0.4, 0.5) is 5.82 Å². The highest BCUT2D eigenvalue weighted by molar-refractivity contribution is 7.08. The molecule has 5 rings (SSSR count). The highest BCUT2D eigenvalue weighted by Gasteiger charge is 2.22. The summed E-state index contributed by atoms with van der Waals surface area (Å²) in [5.41, 5.74) is 3.21. The lowest BCUT2D eigenvalue weighted by molar-refractivity contribution is 0.245. The summed E-state index contributed by atoms with van der Waals surface area (Å²) in [6.45, 7) is 4.56. The third-order valence-corrected chi connectivity index (χ3v) is 6.60. The number of hydrogen-bond acceptors (Lipinski definition) is 7. The number of aromatic nitrogens is 2. The second-order valence-corrected chi connectivity index (χ2v) is 8.62. The minimum absolute atomic E-state index is 0.795. The smallest absolute Gasteiger partial charge is 0.162 e. The topological polar surface area (TPSA) is 50.7 Å². The number of nitrogens with zero attached hydrogens (tertiary/aromatic N) is 4. The molecule has 4 aromatic rings. The van der Waals surface area contributed by atoms with E-state index in [2.05, 4.69) is 50.9 Å². The van der Waals surface area contributed by atoms with Crippen molar-refractivity contribution in [3.05, 3.63) is 64.9 Å². The van der Waals surface area contributed by atoms with Crippen LogP contribution in [-0.4, -0.2) is 55.3 Å². The number of rotatable bonds is 6. The average molecular weight is 447 g/mol. The summed E-state index contributed by atoms with van der Waals surface area (Å²) in [5, 5.41) is 5.28. The van der Waals surface area contributed by atoms with Gasteiger partial charge in [-0.2, -0.15) is 11.3 Å². The van der Waals surface area contributed by atoms with Crippen molar-refractivity contribution in [1.82, 2.24) is 14.9 Å². The Bertz CT molecular complexity index is 1200. The molecule has 6 nitrogen and oxygen atoms in total.